The Hall–Kier alpha value is -0.980. The molecule has 0 bridgehead atoms. The fourth-order valence-corrected chi connectivity index (χ4v) is 0.743. The highest BCUT2D eigenvalue weighted by atomic mass is 14.6. The van der Waals surface area contributed by atoms with Gasteiger partial charge in [0.05, 0.1) is 0 Å². The standard InChI is InChI=1S/C8H11N.C2H6/c1-7-5-3-2-4-6-8(7)9;1-2/h2-3,5-6H,4,9H2,1H3;1-2H3. The summed E-state index contributed by atoms with van der Waals surface area (Å²) in [5, 5.41) is 0. The van der Waals surface area contributed by atoms with Gasteiger partial charge in [-0.05, 0) is 18.9 Å². The predicted molar refractivity (Wildman–Crippen MR) is 51.1 cm³/mol. The molecule has 0 saturated heterocycles. The Morgan fingerprint density at radius 1 is 1.36 bits per heavy atom. The summed E-state index contributed by atoms with van der Waals surface area (Å²) in [5.74, 6) is 0. The van der Waals surface area contributed by atoms with Crippen molar-refractivity contribution in [1.29, 1.82) is 0 Å². The van der Waals surface area contributed by atoms with Crippen LogP contribution in [0, 0.1) is 0 Å². The molecular weight excluding hydrogens is 134 g/mol. The van der Waals surface area contributed by atoms with Gasteiger partial charge in [-0.3, -0.25) is 0 Å². The molecule has 11 heavy (non-hydrogen) atoms. The molecule has 0 aromatic rings. The highest BCUT2D eigenvalue weighted by Crippen LogP contribution is 2.07. The van der Waals surface area contributed by atoms with Crippen LogP contribution < -0.4 is 5.73 Å². The van der Waals surface area contributed by atoms with Crippen LogP contribution in [0.3, 0.4) is 0 Å². The zero-order chi connectivity index (χ0) is 8.69. The van der Waals surface area contributed by atoms with Crippen molar-refractivity contribution >= 4 is 0 Å². The second-order valence-corrected chi connectivity index (χ2v) is 2.17. The van der Waals surface area contributed by atoms with Crippen molar-refractivity contribution in [1.82, 2.24) is 0 Å². The number of nitrogens with two attached hydrogens (primary N) is 1. The smallest absolute Gasteiger partial charge is 0.0306 e. The summed E-state index contributed by atoms with van der Waals surface area (Å²) < 4.78 is 0. The van der Waals surface area contributed by atoms with E-state index in [1.165, 1.54) is 0 Å². The summed E-state index contributed by atoms with van der Waals surface area (Å²) in [6.45, 7) is 6.02. The molecule has 0 fully saturated rings. The van der Waals surface area contributed by atoms with Crippen LogP contribution >= 0.6 is 0 Å². The summed E-state index contributed by atoms with van der Waals surface area (Å²) in [6, 6.07) is 0. The van der Waals surface area contributed by atoms with Crippen LogP contribution in [-0.2, 0) is 0 Å². The van der Waals surface area contributed by atoms with Gasteiger partial charge in [-0.25, -0.2) is 0 Å². The lowest BCUT2D eigenvalue weighted by molar-refractivity contribution is 1.25. The molecule has 0 amide bonds. The third kappa shape index (κ3) is 3.66. The summed E-state index contributed by atoms with van der Waals surface area (Å²) in [4.78, 5) is 0. The summed E-state index contributed by atoms with van der Waals surface area (Å²) in [6.07, 6.45) is 9.13. The van der Waals surface area contributed by atoms with Crippen LogP contribution in [-0.4, -0.2) is 0 Å². The van der Waals surface area contributed by atoms with Gasteiger partial charge in [-0.1, -0.05) is 38.2 Å². The van der Waals surface area contributed by atoms with E-state index in [-0.39, 0.29) is 0 Å². The quantitative estimate of drug-likeness (QED) is 0.566. The third-order valence-corrected chi connectivity index (χ3v) is 1.41. The first-order valence-electron chi connectivity index (χ1n) is 4.10. The normalized spacial score (nSPS) is 15.5. The molecule has 1 rings (SSSR count). The maximum atomic E-state index is 5.63. The average Bonchev–Trinajstić information content (AvgIpc) is 2.22. The molecule has 0 unspecified atom stereocenters. The lowest BCUT2D eigenvalue weighted by Gasteiger charge is -1.95. The van der Waals surface area contributed by atoms with Crippen molar-refractivity contribution < 1.29 is 0 Å². The molecule has 0 aromatic carbocycles. The Labute approximate surface area is 69.3 Å². The molecular formula is C10H17N. The molecule has 0 saturated carbocycles. The SMILES string of the molecule is CC.CC1=CC=CCC=C1N. The first-order valence-corrected chi connectivity index (χ1v) is 4.10. The van der Waals surface area contributed by atoms with E-state index < -0.39 is 0 Å². The van der Waals surface area contributed by atoms with E-state index in [0.29, 0.717) is 0 Å². The minimum absolute atomic E-state index is 0.903. The lowest BCUT2D eigenvalue weighted by atomic mass is 10.2. The highest BCUT2D eigenvalue weighted by Gasteiger charge is 1.92. The third-order valence-electron chi connectivity index (χ3n) is 1.41. The largest absolute Gasteiger partial charge is 0.399 e. The Balaban J connectivity index is 0.000000461. The Bertz CT molecular complexity index is 185. The highest BCUT2D eigenvalue weighted by molar-refractivity contribution is 5.32. The molecule has 1 heteroatoms. The van der Waals surface area contributed by atoms with Gasteiger partial charge in [0.2, 0.25) is 0 Å². The minimum Gasteiger partial charge on any atom is -0.399 e. The molecule has 0 atom stereocenters. The monoisotopic (exact) mass is 151 g/mol. The Morgan fingerprint density at radius 3 is 2.64 bits per heavy atom. The van der Waals surface area contributed by atoms with Crippen LogP contribution in [0.25, 0.3) is 0 Å². The van der Waals surface area contributed by atoms with E-state index in [9.17, 15) is 0 Å². The van der Waals surface area contributed by atoms with Gasteiger partial charge in [0.25, 0.3) is 0 Å². The van der Waals surface area contributed by atoms with Crippen molar-refractivity contribution in [3.63, 3.8) is 0 Å². The van der Waals surface area contributed by atoms with Gasteiger partial charge in [0.1, 0.15) is 0 Å². The van der Waals surface area contributed by atoms with Crippen LogP contribution in [0.4, 0.5) is 0 Å². The molecule has 0 radical (unpaired) electrons. The van der Waals surface area contributed by atoms with Crippen molar-refractivity contribution in [2.24, 2.45) is 5.73 Å². The van der Waals surface area contributed by atoms with E-state index in [0.717, 1.165) is 17.7 Å². The van der Waals surface area contributed by atoms with Gasteiger partial charge in [-0.15, -0.1) is 0 Å². The predicted octanol–water partition coefficient (Wildman–Crippen LogP) is 2.76. The zero-order valence-corrected chi connectivity index (χ0v) is 7.59. The van der Waals surface area contributed by atoms with Crippen molar-refractivity contribution in [2.75, 3.05) is 0 Å². The second-order valence-electron chi connectivity index (χ2n) is 2.17. The van der Waals surface area contributed by atoms with Gasteiger partial charge < -0.3 is 5.73 Å². The summed E-state index contributed by atoms with van der Waals surface area (Å²) in [7, 11) is 0. The van der Waals surface area contributed by atoms with E-state index in [4.69, 9.17) is 5.73 Å². The van der Waals surface area contributed by atoms with E-state index in [1.54, 1.807) is 0 Å². The second kappa shape index (κ2) is 5.78. The molecule has 0 heterocycles. The molecule has 2 N–H and O–H groups in total. The Morgan fingerprint density at radius 2 is 2.00 bits per heavy atom. The molecule has 1 nitrogen and oxygen atoms in total. The maximum Gasteiger partial charge on any atom is 0.0306 e. The summed E-state index contributed by atoms with van der Waals surface area (Å²) >= 11 is 0. The van der Waals surface area contributed by atoms with E-state index >= 15 is 0 Å². The van der Waals surface area contributed by atoms with E-state index in [2.05, 4.69) is 6.08 Å². The summed E-state index contributed by atoms with van der Waals surface area (Å²) in [5.41, 5.74) is 7.69. The van der Waals surface area contributed by atoms with Crippen LogP contribution in [0.5, 0.6) is 0 Å². The van der Waals surface area contributed by atoms with Crippen LogP contribution in [0.2, 0.25) is 0 Å². The van der Waals surface area contributed by atoms with Crippen molar-refractivity contribution in [3.8, 4) is 0 Å². The molecule has 1 aliphatic carbocycles. The fourth-order valence-electron chi connectivity index (χ4n) is 0.743. The van der Waals surface area contributed by atoms with Crippen molar-refractivity contribution in [3.05, 3.63) is 35.6 Å². The van der Waals surface area contributed by atoms with Crippen molar-refractivity contribution in [2.45, 2.75) is 27.2 Å². The van der Waals surface area contributed by atoms with Crippen LogP contribution in [0.1, 0.15) is 27.2 Å². The zero-order valence-electron chi connectivity index (χ0n) is 7.59. The van der Waals surface area contributed by atoms with Gasteiger partial charge in [0.15, 0.2) is 0 Å². The van der Waals surface area contributed by atoms with Gasteiger partial charge >= 0.3 is 0 Å². The average molecular weight is 151 g/mol. The first kappa shape index (κ1) is 10.0. The topological polar surface area (TPSA) is 26.0 Å². The molecule has 0 spiro atoms. The van der Waals surface area contributed by atoms with E-state index in [1.807, 2.05) is 39.0 Å². The number of hydrogen-bond acceptors (Lipinski definition) is 1. The minimum atomic E-state index is 0.903. The maximum absolute atomic E-state index is 5.63. The molecule has 0 aromatic heterocycles. The fraction of sp³-hybridized carbons (Fsp3) is 0.400. The Kier molecular flexibility index (Phi) is 5.26. The lowest BCUT2D eigenvalue weighted by Crippen LogP contribution is -1.96. The molecule has 0 aliphatic heterocycles. The first-order chi connectivity index (χ1) is 5.30. The van der Waals surface area contributed by atoms with Crippen LogP contribution in [0.15, 0.2) is 35.6 Å². The number of allylic oxidation sites excluding steroid dienone is 5. The number of rotatable bonds is 0. The number of hydrogen-bond donors (Lipinski definition) is 1. The van der Waals surface area contributed by atoms with Gasteiger partial charge in [-0.2, -0.15) is 0 Å². The molecule has 62 valence electrons. The van der Waals surface area contributed by atoms with Gasteiger partial charge in [0, 0.05) is 5.70 Å². The molecule has 1 aliphatic rings.